The molecule has 4 aromatic rings. The summed E-state index contributed by atoms with van der Waals surface area (Å²) in [4.78, 5) is 25.0. The third kappa shape index (κ3) is 11.5. The van der Waals surface area contributed by atoms with Crippen molar-refractivity contribution in [1.82, 2.24) is 0 Å². The minimum atomic E-state index is -0.509. The molecule has 229 valence electrons. The second kappa shape index (κ2) is 17.1. The molecule has 0 N–H and O–H groups in total. The van der Waals surface area contributed by atoms with Crippen molar-refractivity contribution in [2.45, 2.75) is 65.0 Å². The molecule has 0 spiro atoms. The number of thiol groups is 1. The molecular formula is C36H40BBrNO4S. The molecule has 4 aromatic carbocycles. The van der Waals surface area contributed by atoms with Crippen LogP contribution in [0.3, 0.4) is 0 Å². The fourth-order valence-electron chi connectivity index (χ4n) is 4.27. The zero-order valence-electron chi connectivity index (χ0n) is 26.4. The van der Waals surface area contributed by atoms with Gasteiger partial charge in [-0.3, -0.25) is 0 Å². The number of hydrogen-bond acceptors (Lipinski definition) is 6. The third-order valence-corrected chi connectivity index (χ3v) is 6.55. The van der Waals surface area contributed by atoms with Crippen LogP contribution in [0, 0.1) is 6.92 Å². The molecule has 0 saturated carbocycles. The molecule has 0 saturated heterocycles. The first-order valence-electron chi connectivity index (χ1n) is 14.1. The first-order valence-corrected chi connectivity index (χ1v) is 15.6. The number of benzene rings is 4. The van der Waals surface area contributed by atoms with Gasteiger partial charge in [-0.05, 0) is 81.8 Å². The van der Waals surface area contributed by atoms with Gasteiger partial charge in [0.2, 0.25) is 0 Å². The number of hydrogen-bond donors (Lipinski definition) is 1. The molecule has 0 aliphatic rings. The van der Waals surface area contributed by atoms with Crippen LogP contribution in [0.15, 0.2) is 101 Å². The maximum atomic E-state index is 12.6. The summed E-state index contributed by atoms with van der Waals surface area (Å²) in [6.45, 7) is 13.2. The standard InChI is InChI=1S/C18H19BrO2.C18H20O2.BHNS/c1-18(2,3)21-17(20)16-14(12-19)10-7-11-15(16)13-8-5-4-6-9-13;1-13-9-8-12-15(14-10-6-5-7-11-14)16(13)17(19)20-18(2,3)4;1-2-3/h4-11H,12H2,1-3H3;5-12H,1-4H3;3H. The Morgan fingerprint density at radius 1 is 0.682 bits per heavy atom. The van der Waals surface area contributed by atoms with Crippen LogP contribution in [0.4, 0.5) is 0 Å². The van der Waals surface area contributed by atoms with Gasteiger partial charge in [-0.15, -0.1) is 0 Å². The Bertz CT molecular complexity index is 1530. The molecule has 4 rings (SSSR count). The van der Waals surface area contributed by atoms with Gasteiger partial charge in [-0.2, -0.15) is 0 Å². The van der Waals surface area contributed by atoms with E-state index < -0.39 is 11.2 Å². The fraction of sp³-hybridized carbons (Fsp3) is 0.278. The fourth-order valence-corrected chi connectivity index (χ4v) is 4.73. The van der Waals surface area contributed by atoms with E-state index in [0.717, 1.165) is 33.4 Å². The summed E-state index contributed by atoms with van der Waals surface area (Å²) in [6.07, 6.45) is 0. The van der Waals surface area contributed by atoms with Crippen molar-refractivity contribution in [3.05, 3.63) is 119 Å². The Labute approximate surface area is 277 Å². The Balaban J connectivity index is 0.000000282. The molecule has 0 aromatic heterocycles. The monoisotopic (exact) mass is 672 g/mol. The van der Waals surface area contributed by atoms with E-state index in [1.165, 1.54) is 0 Å². The van der Waals surface area contributed by atoms with Crippen LogP contribution >= 0.6 is 28.7 Å². The van der Waals surface area contributed by atoms with Crippen molar-refractivity contribution >= 4 is 48.3 Å². The van der Waals surface area contributed by atoms with Crippen LogP contribution in [0.25, 0.3) is 22.3 Å². The van der Waals surface area contributed by atoms with E-state index in [4.69, 9.17) is 9.47 Å². The first kappa shape index (κ1) is 36.7. The first-order chi connectivity index (χ1) is 20.7. The molecule has 0 amide bonds. The summed E-state index contributed by atoms with van der Waals surface area (Å²) in [5, 5.41) is 0.613. The molecule has 0 atom stereocenters. The molecule has 44 heavy (non-hydrogen) atoms. The van der Waals surface area contributed by atoms with Gasteiger partial charge in [0.15, 0.2) is 0 Å². The third-order valence-electron chi connectivity index (χ3n) is 5.94. The molecule has 1 radical (unpaired) electrons. The molecule has 0 heterocycles. The molecule has 0 aliphatic carbocycles. The van der Waals surface area contributed by atoms with Crippen LogP contribution in [0.2, 0.25) is 0 Å². The molecule has 0 fully saturated rings. The average molecular weight is 674 g/mol. The Morgan fingerprint density at radius 3 is 1.48 bits per heavy atom. The van der Waals surface area contributed by atoms with Crippen molar-refractivity contribution < 1.29 is 19.1 Å². The van der Waals surface area contributed by atoms with Gasteiger partial charge in [0.1, 0.15) is 11.2 Å². The number of carbonyl (C=O) groups is 2. The summed E-state index contributed by atoms with van der Waals surface area (Å²) < 4.78 is 13.8. The van der Waals surface area contributed by atoms with Gasteiger partial charge in [0.25, 0.3) is 0 Å². The normalized spacial score (nSPS) is 10.7. The van der Waals surface area contributed by atoms with Crippen molar-refractivity contribution in [2.75, 3.05) is 0 Å². The van der Waals surface area contributed by atoms with E-state index in [-0.39, 0.29) is 11.9 Å². The van der Waals surface area contributed by atoms with Crippen molar-refractivity contribution in [3.63, 3.8) is 0 Å². The predicted molar refractivity (Wildman–Crippen MR) is 189 cm³/mol. The summed E-state index contributed by atoms with van der Waals surface area (Å²) in [5.74, 6) is -0.550. The zero-order valence-corrected chi connectivity index (χ0v) is 28.9. The van der Waals surface area contributed by atoms with Gasteiger partial charge >= 0.3 is 36.7 Å². The van der Waals surface area contributed by atoms with E-state index in [2.05, 4.69) is 40.7 Å². The van der Waals surface area contributed by atoms with Crippen LogP contribution in [-0.4, -0.2) is 30.8 Å². The number of halogens is 1. The summed E-state index contributed by atoms with van der Waals surface area (Å²) >= 11 is 6.65. The summed E-state index contributed by atoms with van der Waals surface area (Å²) in [6, 6.07) is 31.5. The Morgan fingerprint density at radius 2 is 1.07 bits per heavy atom. The van der Waals surface area contributed by atoms with E-state index >= 15 is 0 Å². The second-order valence-electron chi connectivity index (χ2n) is 11.8. The molecule has 0 aliphatic heterocycles. The topological polar surface area (TPSA) is 65.0 Å². The Kier molecular flexibility index (Phi) is 14.3. The number of rotatable bonds is 5. The number of alkyl halides is 1. The quantitative estimate of drug-likeness (QED) is 0.0992. The predicted octanol–water partition coefficient (Wildman–Crippen LogP) is 10.0. The van der Waals surface area contributed by atoms with E-state index in [1.807, 2.05) is 146 Å². The van der Waals surface area contributed by atoms with Crippen molar-refractivity contribution in [2.24, 2.45) is 4.30 Å². The van der Waals surface area contributed by atoms with Gasteiger partial charge in [0.05, 0.1) is 11.1 Å². The SMILES string of the molecule is CC(C)(C)OC(=O)c1c(CBr)cccc1-c1ccccc1.Cc1cccc(-c2ccccc2)c1C(=O)OC(C)(C)C.[B]=NS. The van der Waals surface area contributed by atoms with Crippen LogP contribution in [0.1, 0.15) is 73.4 Å². The molecule has 8 heteroatoms. The zero-order chi connectivity index (χ0) is 32.9. The summed E-state index contributed by atoms with van der Waals surface area (Å²) in [5.41, 5.74) is 6.01. The average Bonchev–Trinajstić information content (AvgIpc) is 2.96. The van der Waals surface area contributed by atoms with Gasteiger partial charge in [-0.25, -0.2) is 9.59 Å². The number of ether oxygens (including phenoxy) is 2. The molecule has 0 unspecified atom stereocenters. The molecular weight excluding hydrogens is 633 g/mol. The number of carbonyl (C=O) groups excluding carboxylic acids is 2. The van der Waals surface area contributed by atoms with Crippen LogP contribution in [-0.2, 0) is 14.8 Å². The number of nitrogens with zero attached hydrogens (tertiary/aromatic N) is 1. The molecule has 5 nitrogen and oxygen atoms in total. The molecule has 0 bridgehead atoms. The maximum absolute atomic E-state index is 12.6. The number of esters is 2. The van der Waals surface area contributed by atoms with E-state index in [9.17, 15) is 9.59 Å². The van der Waals surface area contributed by atoms with Crippen LogP contribution < -0.4 is 0 Å². The van der Waals surface area contributed by atoms with Gasteiger partial charge in [0, 0.05) is 5.33 Å². The van der Waals surface area contributed by atoms with Crippen molar-refractivity contribution in [1.29, 1.82) is 0 Å². The van der Waals surface area contributed by atoms with E-state index in [1.54, 1.807) is 0 Å². The second-order valence-corrected chi connectivity index (χ2v) is 12.6. The van der Waals surface area contributed by atoms with Crippen molar-refractivity contribution in [3.8, 4) is 22.3 Å². The Hall–Kier alpha value is -3.49. The number of aryl methyl sites for hydroxylation is 1. The van der Waals surface area contributed by atoms with E-state index in [0.29, 0.717) is 16.5 Å². The van der Waals surface area contributed by atoms with Gasteiger partial charge < -0.3 is 9.47 Å². The minimum absolute atomic E-state index is 0.269. The summed E-state index contributed by atoms with van der Waals surface area (Å²) in [7, 11) is 4.34. The van der Waals surface area contributed by atoms with Crippen LogP contribution in [0.5, 0.6) is 0 Å². The van der Waals surface area contributed by atoms with Gasteiger partial charge in [-0.1, -0.05) is 113 Å².